The Labute approximate surface area is 168 Å². The molecule has 2 aromatic rings. The number of nitrogens with zero attached hydrogens (tertiary/aromatic N) is 2. The summed E-state index contributed by atoms with van der Waals surface area (Å²) in [6.07, 6.45) is 0. The number of carbonyl (C=O) groups excluding carboxylic acids is 4. The van der Waals surface area contributed by atoms with Crippen molar-refractivity contribution in [2.45, 2.75) is 6.92 Å². The van der Waals surface area contributed by atoms with Crippen molar-refractivity contribution in [3.8, 4) is 0 Å². The second-order valence-corrected chi connectivity index (χ2v) is 6.34. The molecule has 3 amide bonds. The van der Waals surface area contributed by atoms with E-state index in [-0.39, 0.29) is 28.6 Å². The van der Waals surface area contributed by atoms with E-state index in [0.29, 0.717) is 11.5 Å². The van der Waals surface area contributed by atoms with Crippen molar-refractivity contribution in [2.24, 2.45) is 5.73 Å². The van der Waals surface area contributed by atoms with E-state index in [0.717, 1.165) is 11.0 Å². The fraction of sp³-hybridized carbons (Fsp3) is 0.235. The van der Waals surface area contributed by atoms with E-state index in [2.05, 4.69) is 9.69 Å². The average molecular weight is 423 g/mol. The van der Waals surface area contributed by atoms with Crippen LogP contribution in [0.3, 0.4) is 0 Å². The number of ether oxygens (including phenoxy) is 1. The number of nitrogens with two attached hydrogens (primary N) is 2. The van der Waals surface area contributed by atoms with Gasteiger partial charge in [-0.25, -0.2) is 4.39 Å². The zero-order chi connectivity index (χ0) is 21.6. The lowest BCUT2D eigenvalue weighted by molar-refractivity contribution is -0.143. The summed E-state index contributed by atoms with van der Waals surface area (Å²) in [6, 6.07) is 5.28. The largest absolute Gasteiger partial charge is 0.465 e. The quantitative estimate of drug-likeness (QED) is 0.515. The molecular weight excluding hydrogens is 405 g/mol. The van der Waals surface area contributed by atoms with Crippen molar-refractivity contribution in [3.63, 3.8) is 0 Å². The van der Waals surface area contributed by atoms with Gasteiger partial charge in [-0.15, -0.1) is 0 Å². The molecule has 1 aromatic carbocycles. The lowest BCUT2D eigenvalue weighted by atomic mass is 10.2. The summed E-state index contributed by atoms with van der Waals surface area (Å²) in [7, 11) is 0. The molecule has 5 N–H and O–H groups in total. The molecular formula is C17H18FN5O5S. The number of esters is 1. The molecule has 0 spiro atoms. The zero-order valence-electron chi connectivity index (χ0n) is 15.3. The smallest absolute Gasteiger partial charge is 0.325 e. The summed E-state index contributed by atoms with van der Waals surface area (Å²) < 4.78 is 22.7. The number of halogens is 1. The molecule has 154 valence electrons. The van der Waals surface area contributed by atoms with Crippen LogP contribution in [0.1, 0.15) is 27.1 Å². The Morgan fingerprint density at radius 3 is 2.55 bits per heavy atom. The van der Waals surface area contributed by atoms with Gasteiger partial charge in [-0.05, 0) is 30.6 Å². The number of aromatic nitrogens is 1. The van der Waals surface area contributed by atoms with Crippen molar-refractivity contribution >= 4 is 46.6 Å². The topological polar surface area (TPSA) is 158 Å². The minimum absolute atomic E-state index is 0.140. The fourth-order valence-corrected chi connectivity index (χ4v) is 3.03. The number of rotatable bonds is 8. The maximum absolute atomic E-state index is 14.3. The summed E-state index contributed by atoms with van der Waals surface area (Å²) in [6.45, 7) is 0.711. The number of benzene rings is 1. The second-order valence-electron chi connectivity index (χ2n) is 5.56. The lowest BCUT2D eigenvalue weighted by Crippen LogP contribution is -2.43. The number of anilines is 2. The van der Waals surface area contributed by atoms with Gasteiger partial charge in [-0.3, -0.25) is 24.1 Å². The van der Waals surface area contributed by atoms with Crippen LogP contribution in [0.2, 0.25) is 0 Å². The Bertz CT molecular complexity index is 948. The highest BCUT2D eigenvalue weighted by molar-refractivity contribution is 7.09. The number of hydrogen-bond acceptors (Lipinski definition) is 8. The molecule has 10 nitrogen and oxygen atoms in total. The van der Waals surface area contributed by atoms with Gasteiger partial charge in [0.05, 0.1) is 18.0 Å². The summed E-state index contributed by atoms with van der Waals surface area (Å²) in [5, 5.41) is 2.28. The second kappa shape index (κ2) is 9.59. The standard InChI is InChI=1S/C17H18FN5O5S/c1-2-28-12(25)7-21-11(24)8-23(10-6-4-3-5-9(10)18)17(27)15-13(19)14(16(20)26)22-29-15/h3-6H,2,7-8,19H2,1H3,(H2,20,26)(H,21,24). The molecule has 29 heavy (non-hydrogen) atoms. The maximum atomic E-state index is 14.3. The predicted molar refractivity (Wildman–Crippen MR) is 103 cm³/mol. The zero-order valence-corrected chi connectivity index (χ0v) is 16.1. The first kappa shape index (κ1) is 21.8. The van der Waals surface area contributed by atoms with Gasteiger partial charge in [0.25, 0.3) is 11.8 Å². The molecule has 0 bridgehead atoms. The predicted octanol–water partition coefficient (Wildman–Crippen LogP) is 0.289. The third-order valence-electron chi connectivity index (χ3n) is 3.58. The number of carbonyl (C=O) groups is 4. The van der Waals surface area contributed by atoms with E-state index in [1.54, 1.807) is 6.92 Å². The third-order valence-corrected chi connectivity index (χ3v) is 4.43. The Hall–Kier alpha value is -3.54. The molecule has 0 radical (unpaired) electrons. The normalized spacial score (nSPS) is 10.3. The summed E-state index contributed by atoms with van der Waals surface area (Å²) in [4.78, 5) is 48.5. The van der Waals surface area contributed by atoms with E-state index < -0.39 is 42.6 Å². The number of primary amides is 1. The van der Waals surface area contributed by atoms with E-state index in [9.17, 15) is 23.6 Å². The first-order valence-corrected chi connectivity index (χ1v) is 9.07. The van der Waals surface area contributed by atoms with E-state index in [1.165, 1.54) is 18.2 Å². The molecule has 1 heterocycles. The van der Waals surface area contributed by atoms with Gasteiger partial charge >= 0.3 is 5.97 Å². The SMILES string of the molecule is CCOC(=O)CNC(=O)CN(C(=O)c1snc(C(N)=O)c1N)c1ccccc1F. The van der Waals surface area contributed by atoms with Crippen LogP contribution in [0.25, 0.3) is 0 Å². The molecule has 0 aliphatic rings. The van der Waals surface area contributed by atoms with Gasteiger partial charge in [-0.1, -0.05) is 12.1 Å². The summed E-state index contributed by atoms with van der Waals surface area (Å²) in [5.74, 6) is -3.96. The Balaban J connectivity index is 2.30. The highest BCUT2D eigenvalue weighted by atomic mass is 32.1. The van der Waals surface area contributed by atoms with Crippen molar-refractivity contribution in [2.75, 3.05) is 30.3 Å². The number of amides is 3. The molecule has 2 rings (SSSR count). The minimum atomic E-state index is -0.928. The Morgan fingerprint density at radius 1 is 1.28 bits per heavy atom. The average Bonchev–Trinajstić information content (AvgIpc) is 3.06. The third kappa shape index (κ3) is 5.25. The fourth-order valence-electron chi connectivity index (χ4n) is 2.27. The summed E-state index contributed by atoms with van der Waals surface area (Å²) >= 11 is 0.598. The maximum Gasteiger partial charge on any atom is 0.325 e. The van der Waals surface area contributed by atoms with Gasteiger partial charge in [0.1, 0.15) is 23.8 Å². The molecule has 0 saturated heterocycles. The molecule has 0 fully saturated rings. The van der Waals surface area contributed by atoms with Gasteiger partial charge < -0.3 is 21.5 Å². The minimum Gasteiger partial charge on any atom is -0.465 e. The highest BCUT2D eigenvalue weighted by Crippen LogP contribution is 2.27. The van der Waals surface area contributed by atoms with Crippen LogP contribution in [0, 0.1) is 5.82 Å². The molecule has 0 saturated carbocycles. The van der Waals surface area contributed by atoms with E-state index in [1.807, 2.05) is 0 Å². The van der Waals surface area contributed by atoms with Crippen molar-refractivity contribution < 1.29 is 28.3 Å². The van der Waals surface area contributed by atoms with Gasteiger partial charge in [0.2, 0.25) is 5.91 Å². The van der Waals surface area contributed by atoms with E-state index >= 15 is 0 Å². The Kier molecular flexibility index (Phi) is 7.20. The highest BCUT2D eigenvalue weighted by Gasteiger charge is 2.28. The van der Waals surface area contributed by atoms with Crippen LogP contribution < -0.4 is 21.7 Å². The van der Waals surface area contributed by atoms with Crippen molar-refractivity contribution in [1.82, 2.24) is 9.69 Å². The van der Waals surface area contributed by atoms with Crippen molar-refractivity contribution in [1.29, 1.82) is 0 Å². The number of para-hydroxylation sites is 1. The Morgan fingerprint density at radius 2 is 1.97 bits per heavy atom. The lowest BCUT2D eigenvalue weighted by Gasteiger charge is -2.22. The van der Waals surface area contributed by atoms with Crippen LogP contribution in [-0.4, -0.2) is 47.8 Å². The monoisotopic (exact) mass is 423 g/mol. The number of nitrogens with one attached hydrogen (secondary N) is 1. The van der Waals surface area contributed by atoms with E-state index in [4.69, 9.17) is 16.2 Å². The molecule has 0 aliphatic heterocycles. The van der Waals surface area contributed by atoms with Crippen LogP contribution in [0.5, 0.6) is 0 Å². The number of hydrogen-bond donors (Lipinski definition) is 3. The van der Waals surface area contributed by atoms with Crippen LogP contribution in [0.4, 0.5) is 15.8 Å². The van der Waals surface area contributed by atoms with Gasteiger partial charge in [0.15, 0.2) is 5.69 Å². The van der Waals surface area contributed by atoms with Crippen LogP contribution in [-0.2, 0) is 14.3 Å². The van der Waals surface area contributed by atoms with Crippen molar-refractivity contribution in [3.05, 3.63) is 40.7 Å². The number of nitrogen functional groups attached to an aromatic ring is 1. The first-order chi connectivity index (χ1) is 13.8. The molecule has 0 unspecified atom stereocenters. The molecule has 0 aliphatic carbocycles. The molecule has 12 heteroatoms. The van der Waals surface area contributed by atoms with Crippen LogP contribution in [0.15, 0.2) is 24.3 Å². The van der Waals surface area contributed by atoms with Gasteiger partial charge in [-0.2, -0.15) is 4.37 Å². The molecule has 1 aromatic heterocycles. The van der Waals surface area contributed by atoms with Crippen LogP contribution >= 0.6 is 11.5 Å². The summed E-state index contributed by atoms with van der Waals surface area (Å²) in [5.41, 5.74) is 10.2. The first-order valence-electron chi connectivity index (χ1n) is 8.29. The van der Waals surface area contributed by atoms with Gasteiger partial charge in [0, 0.05) is 0 Å². The molecule has 0 atom stereocenters.